The molecule has 22 heavy (non-hydrogen) atoms. The van der Waals surface area contributed by atoms with Crippen molar-refractivity contribution in [1.29, 1.82) is 0 Å². The Morgan fingerprint density at radius 1 is 0.909 bits per heavy atom. The van der Waals surface area contributed by atoms with Crippen molar-refractivity contribution in [3.63, 3.8) is 0 Å². The van der Waals surface area contributed by atoms with Crippen LogP contribution in [-0.2, 0) is 5.41 Å². The van der Waals surface area contributed by atoms with Gasteiger partial charge in [0.2, 0.25) is 0 Å². The van der Waals surface area contributed by atoms with Crippen LogP contribution in [0.15, 0.2) is 24.3 Å². The topological polar surface area (TPSA) is 24.1 Å². The summed E-state index contributed by atoms with van der Waals surface area (Å²) in [5.74, 6) is 0. The lowest BCUT2D eigenvalue weighted by atomic mass is 9.87. The van der Waals surface area contributed by atoms with Crippen LogP contribution in [0.4, 0.5) is 4.11 Å². The minimum atomic E-state index is -3.49. The summed E-state index contributed by atoms with van der Waals surface area (Å²) in [6.07, 6.45) is 0. The van der Waals surface area contributed by atoms with Gasteiger partial charge in [0.05, 0.1) is 0 Å². The van der Waals surface area contributed by atoms with E-state index in [2.05, 4.69) is 56.1 Å². The molecule has 1 atom stereocenters. The number of hydrogen-bond acceptors (Lipinski definition) is 2. The molecule has 1 unspecified atom stereocenters. The van der Waals surface area contributed by atoms with E-state index in [1.807, 2.05) is 39.0 Å². The minimum Gasteiger partial charge on any atom is -0.318 e. The van der Waals surface area contributed by atoms with Gasteiger partial charge < -0.3 is 4.65 Å². The zero-order valence-electron chi connectivity index (χ0n) is 15.7. The van der Waals surface area contributed by atoms with Gasteiger partial charge >= 0.3 is 8.73 Å². The first-order valence-corrected chi connectivity index (χ1v) is 13.4. The predicted molar refractivity (Wildman–Crippen MR) is 101 cm³/mol. The fourth-order valence-corrected chi connectivity index (χ4v) is 9.88. The van der Waals surface area contributed by atoms with Gasteiger partial charge in [-0.3, -0.25) is 9.09 Å². The molecule has 0 fully saturated rings. The lowest BCUT2D eigenvalue weighted by molar-refractivity contribution is 0.484. The highest BCUT2D eigenvalue weighted by atomic mass is 28.4. The van der Waals surface area contributed by atoms with E-state index in [9.17, 15) is 0 Å². The highest BCUT2D eigenvalue weighted by Gasteiger charge is 2.46. The highest BCUT2D eigenvalue weighted by Crippen LogP contribution is 2.23. The van der Waals surface area contributed by atoms with Gasteiger partial charge in [-0.05, 0) is 31.7 Å². The van der Waals surface area contributed by atoms with E-state index >= 15 is 4.11 Å². The maximum atomic E-state index is 16.3. The molecule has 2 nitrogen and oxygen atoms in total. The second kappa shape index (κ2) is 6.19. The Labute approximate surface area is 138 Å². The van der Waals surface area contributed by atoms with Crippen molar-refractivity contribution in [3.8, 4) is 0 Å². The van der Waals surface area contributed by atoms with Crippen LogP contribution in [0.2, 0.25) is 19.6 Å². The Kier molecular flexibility index (Phi) is 5.50. The Morgan fingerprint density at radius 3 is 1.82 bits per heavy atom. The quantitative estimate of drug-likeness (QED) is 0.641. The second-order valence-corrected chi connectivity index (χ2v) is 16.8. The SMILES string of the molecule is CC(C)(C)N[Si](F)(N[Si](C)(C)C)c1ccccc1C(C)(C)C. The van der Waals surface area contributed by atoms with Crippen LogP contribution in [-0.4, -0.2) is 22.5 Å². The lowest BCUT2D eigenvalue weighted by Gasteiger charge is -2.39. The molecule has 0 spiro atoms. The van der Waals surface area contributed by atoms with E-state index in [1.165, 1.54) is 0 Å². The Balaban J connectivity index is 3.46. The van der Waals surface area contributed by atoms with Gasteiger partial charge in [-0.1, -0.05) is 64.7 Å². The smallest absolute Gasteiger partial charge is 0.318 e. The molecule has 1 rings (SSSR count). The molecule has 0 bridgehead atoms. The van der Waals surface area contributed by atoms with Crippen molar-refractivity contribution >= 4 is 22.2 Å². The maximum Gasteiger partial charge on any atom is 0.423 e. The molecule has 0 amide bonds. The van der Waals surface area contributed by atoms with E-state index in [-0.39, 0.29) is 11.0 Å². The Bertz CT molecular complexity index is 495. The predicted octanol–water partition coefficient (Wildman–Crippen LogP) is 3.91. The van der Waals surface area contributed by atoms with Crippen molar-refractivity contribution in [1.82, 2.24) is 9.63 Å². The third-order valence-corrected chi connectivity index (χ3v) is 9.85. The van der Waals surface area contributed by atoms with E-state index in [1.54, 1.807) is 0 Å². The molecule has 0 aliphatic heterocycles. The van der Waals surface area contributed by atoms with Gasteiger partial charge in [0, 0.05) is 10.7 Å². The maximum absolute atomic E-state index is 16.3. The summed E-state index contributed by atoms with van der Waals surface area (Å²) in [6, 6.07) is 7.97. The Morgan fingerprint density at radius 2 is 1.41 bits per heavy atom. The van der Waals surface area contributed by atoms with Crippen molar-refractivity contribution in [2.45, 2.75) is 72.1 Å². The van der Waals surface area contributed by atoms with Gasteiger partial charge in [0.1, 0.15) is 8.24 Å². The van der Waals surface area contributed by atoms with Gasteiger partial charge in [-0.25, -0.2) is 0 Å². The van der Waals surface area contributed by atoms with Crippen molar-refractivity contribution in [2.75, 3.05) is 0 Å². The van der Waals surface area contributed by atoms with Gasteiger partial charge in [-0.15, -0.1) is 0 Å². The zero-order chi connectivity index (χ0) is 17.4. The van der Waals surface area contributed by atoms with E-state index in [0.29, 0.717) is 0 Å². The normalized spacial score (nSPS) is 16.5. The molecule has 1 aromatic rings. The molecule has 0 saturated carbocycles. The van der Waals surface area contributed by atoms with E-state index < -0.39 is 17.0 Å². The van der Waals surface area contributed by atoms with Crippen LogP contribution < -0.4 is 14.8 Å². The summed E-state index contributed by atoms with van der Waals surface area (Å²) >= 11 is 0. The Hall–Kier alpha value is -0.496. The van der Waals surface area contributed by atoms with E-state index in [4.69, 9.17) is 0 Å². The zero-order valence-corrected chi connectivity index (χ0v) is 17.7. The fourth-order valence-electron chi connectivity index (χ4n) is 2.64. The minimum absolute atomic E-state index is 0.0817. The molecular formula is C17H33FN2Si2. The van der Waals surface area contributed by atoms with Crippen LogP contribution in [0.5, 0.6) is 0 Å². The van der Waals surface area contributed by atoms with Crippen LogP contribution in [0.1, 0.15) is 47.1 Å². The highest BCUT2D eigenvalue weighted by molar-refractivity contribution is 6.94. The number of benzene rings is 1. The molecule has 5 heteroatoms. The van der Waals surface area contributed by atoms with Crippen molar-refractivity contribution in [3.05, 3.63) is 29.8 Å². The van der Waals surface area contributed by atoms with Gasteiger partial charge in [0.15, 0.2) is 0 Å². The monoisotopic (exact) mass is 340 g/mol. The first kappa shape index (κ1) is 19.6. The number of nitrogens with one attached hydrogen (secondary N) is 2. The van der Waals surface area contributed by atoms with Crippen LogP contribution >= 0.6 is 0 Å². The third-order valence-electron chi connectivity index (χ3n) is 3.20. The number of halogens is 1. The molecule has 0 saturated heterocycles. The van der Waals surface area contributed by atoms with Gasteiger partial charge in [0.25, 0.3) is 0 Å². The van der Waals surface area contributed by atoms with Crippen molar-refractivity contribution in [2.24, 2.45) is 0 Å². The summed E-state index contributed by atoms with van der Waals surface area (Å²) in [4.78, 5) is 3.31. The molecule has 0 aliphatic rings. The number of rotatable bonds is 4. The third kappa shape index (κ3) is 5.61. The lowest BCUT2D eigenvalue weighted by Crippen LogP contribution is -2.76. The molecular weight excluding hydrogens is 307 g/mol. The largest absolute Gasteiger partial charge is 0.423 e. The van der Waals surface area contributed by atoms with Crippen LogP contribution in [0.3, 0.4) is 0 Å². The fraction of sp³-hybridized carbons (Fsp3) is 0.647. The first-order valence-electron chi connectivity index (χ1n) is 8.02. The molecule has 0 heterocycles. The summed E-state index contributed by atoms with van der Waals surface area (Å²) in [6.45, 7) is 19.0. The van der Waals surface area contributed by atoms with Crippen LogP contribution in [0.25, 0.3) is 0 Å². The van der Waals surface area contributed by atoms with E-state index in [0.717, 1.165) is 10.8 Å². The molecule has 2 N–H and O–H groups in total. The average molecular weight is 341 g/mol. The molecule has 126 valence electrons. The molecule has 0 aromatic heterocycles. The van der Waals surface area contributed by atoms with Gasteiger partial charge in [-0.2, -0.15) is 0 Å². The van der Waals surface area contributed by atoms with Crippen molar-refractivity contribution < 1.29 is 4.11 Å². The summed E-state index contributed by atoms with van der Waals surface area (Å²) in [5.41, 5.74) is 0.729. The molecule has 0 radical (unpaired) electrons. The van der Waals surface area contributed by atoms with Crippen LogP contribution in [0, 0.1) is 0 Å². The second-order valence-electron chi connectivity index (χ2n) is 9.20. The summed E-state index contributed by atoms with van der Waals surface area (Å²) in [7, 11) is -5.27. The standard InChI is InChI=1S/C17H33FN2Si2/c1-16(2,3)14-12-10-11-13-15(14)22(18,19-17(4,5)6)20-21(7,8)9/h10-13,19-20H,1-9H3. The first-order chi connectivity index (χ1) is 9.64. The average Bonchev–Trinajstić information content (AvgIpc) is 2.22. The summed E-state index contributed by atoms with van der Waals surface area (Å²) < 4.78 is 19.7. The summed E-state index contributed by atoms with van der Waals surface area (Å²) in [5, 5.41) is 0.833. The molecule has 1 aromatic carbocycles. The number of hydrogen-bond donors (Lipinski definition) is 2. The molecule has 0 aliphatic carbocycles.